The lowest BCUT2D eigenvalue weighted by atomic mass is 10.0. The fraction of sp³-hybridized carbons (Fsp3) is 0.280. The fourth-order valence-electron chi connectivity index (χ4n) is 3.64. The molecule has 174 valence electrons. The zero-order chi connectivity index (χ0) is 32.7. The van der Waals surface area contributed by atoms with Gasteiger partial charge in [0.15, 0.2) is 5.69 Å². The Balaban J connectivity index is 1.74. The van der Waals surface area contributed by atoms with Crippen LogP contribution < -0.4 is 20.3 Å². The lowest BCUT2D eigenvalue weighted by molar-refractivity contribution is -0.119. The maximum absolute atomic E-state index is 14.1. The average molecular weight is 470 g/mol. The van der Waals surface area contributed by atoms with E-state index >= 15 is 0 Å². The molecule has 2 N–H and O–H groups in total. The maximum Gasteiger partial charge on any atom is 0.277 e. The number of ether oxygens (including phenoxy) is 1. The number of hydrogen-bond donors (Lipinski definition) is 1. The number of amides is 3. The van der Waals surface area contributed by atoms with Crippen LogP contribution in [-0.2, 0) is 11.2 Å². The molecule has 0 spiro atoms. The fourth-order valence-corrected chi connectivity index (χ4v) is 3.64. The van der Waals surface area contributed by atoms with Gasteiger partial charge in [-0.25, -0.2) is 4.68 Å². The summed E-state index contributed by atoms with van der Waals surface area (Å²) in [5.41, 5.74) is 2.26. The monoisotopic (exact) mass is 469 g/mol. The molecule has 3 heterocycles. The highest BCUT2D eigenvalue weighted by atomic mass is 16.5. The van der Waals surface area contributed by atoms with Crippen molar-refractivity contribution in [3.8, 4) is 11.4 Å². The minimum Gasteiger partial charge on any atom is -0.497 e. The molecule has 5 rings (SSSR count). The first kappa shape index (κ1) is 12.9. The number of rotatable bonds is 5. The van der Waals surface area contributed by atoms with Gasteiger partial charge in [-0.15, -0.1) is 0 Å². The van der Waals surface area contributed by atoms with Gasteiger partial charge in [0.2, 0.25) is 5.91 Å². The largest absolute Gasteiger partial charge is 0.497 e. The molecule has 1 fully saturated rings. The van der Waals surface area contributed by atoms with Crippen LogP contribution in [0, 0.1) is 0 Å². The SMILES string of the molecule is [2H]c1c([2H])c(-n2nc(C(N)=O)c3c2C(=O)N(c2ccc(N4C(=O)CCCC4([2H])[2H])cc2)C([2H])([2H])C3([2H])[2H])c([2H])c([2H])c1OC. The van der Waals surface area contributed by atoms with Crippen LogP contribution >= 0.6 is 0 Å². The maximum atomic E-state index is 14.1. The van der Waals surface area contributed by atoms with Crippen LogP contribution in [0.4, 0.5) is 11.4 Å². The van der Waals surface area contributed by atoms with E-state index in [1.165, 1.54) is 24.3 Å². The van der Waals surface area contributed by atoms with E-state index in [2.05, 4.69) is 5.10 Å². The predicted octanol–water partition coefficient (Wildman–Crippen LogP) is 2.70. The minimum atomic E-state index is -3.19. The number of primary amides is 1. The highest BCUT2D eigenvalue weighted by Gasteiger charge is 2.34. The van der Waals surface area contributed by atoms with Crippen LogP contribution in [0.5, 0.6) is 5.75 Å². The number of nitrogens with zero attached hydrogens (tertiary/aromatic N) is 4. The summed E-state index contributed by atoms with van der Waals surface area (Å²) in [7, 11) is 1.13. The summed E-state index contributed by atoms with van der Waals surface area (Å²) in [5, 5.41) is 3.91. The second-order valence-corrected chi connectivity index (χ2v) is 7.36. The van der Waals surface area contributed by atoms with Gasteiger partial charge in [-0.05, 0) is 67.6 Å². The zero-order valence-electron chi connectivity index (χ0n) is 27.9. The van der Waals surface area contributed by atoms with E-state index in [0.29, 0.717) is 16.0 Å². The number of methoxy groups -OCH3 is 1. The molecular weight excluding hydrogens is 434 g/mol. The van der Waals surface area contributed by atoms with Gasteiger partial charge >= 0.3 is 0 Å². The first-order valence-electron chi connectivity index (χ1n) is 15.3. The van der Waals surface area contributed by atoms with Crippen LogP contribution in [-0.4, -0.2) is 47.6 Å². The van der Waals surface area contributed by atoms with Crippen molar-refractivity contribution in [1.82, 2.24) is 9.78 Å². The Kier molecular flexibility index (Phi) is 3.29. The predicted molar refractivity (Wildman–Crippen MR) is 127 cm³/mol. The number of anilines is 2. The van der Waals surface area contributed by atoms with Crippen LogP contribution in [0.3, 0.4) is 0 Å². The van der Waals surface area contributed by atoms with Gasteiger partial charge in [0.05, 0.1) is 21.0 Å². The van der Waals surface area contributed by atoms with Crippen molar-refractivity contribution in [2.45, 2.75) is 25.6 Å². The highest BCUT2D eigenvalue weighted by Crippen LogP contribution is 2.31. The van der Waals surface area contributed by atoms with Crippen molar-refractivity contribution >= 4 is 29.1 Å². The van der Waals surface area contributed by atoms with Crippen molar-refractivity contribution < 1.29 is 32.8 Å². The number of hydrogen-bond acceptors (Lipinski definition) is 5. The van der Waals surface area contributed by atoms with E-state index in [1.54, 1.807) is 0 Å². The Bertz CT molecular complexity index is 1710. The molecule has 1 saturated heterocycles. The normalized spacial score (nSPS) is 24.6. The molecule has 0 saturated carbocycles. The van der Waals surface area contributed by atoms with Crippen molar-refractivity contribution in [2.75, 3.05) is 29.9 Å². The van der Waals surface area contributed by atoms with Crippen LogP contribution in [0.25, 0.3) is 5.69 Å². The van der Waals surface area contributed by atoms with Gasteiger partial charge < -0.3 is 20.3 Å². The molecule has 2 aliphatic rings. The average Bonchev–Trinajstić information content (AvgIpc) is 3.34. The van der Waals surface area contributed by atoms with Gasteiger partial charge in [-0.2, -0.15) is 5.10 Å². The Morgan fingerprint density at radius 1 is 1.03 bits per heavy atom. The smallest absolute Gasteiger partial charge is 0.277 e. The molecule has 2 aliphatic heterocycles. The van der Waals surface area contributed by atoms with Crippen molar-refractivity contribution in [3.05, 3.63) is 65.4 Å². The third-order valence-corrected chi connectivity index (χ3v) is 5.27. The Labute approximate surface area is 210 Å². The molecule has 34 heavy (non-hydrogen) atoms. The van der Waals surface area contributed by atoms with Crippen molar-refractivity contribution in [1.29, 1.82) is 0 Å². The standard InChI is InChI=1S/C25H25N5O4/c1-34-19-11-9-18(10-12-19)30-23-20(22(27-30)24(26)32)13-15-29(25(23)33)17-7-5-16(6-8-17)28-14-3-2-4-21(28)31/h5-12H,2-4,13-15H2,1H3,(H2,26,32)/i9D,10D,11D,12D,13D2,14D2,15D2. The minimum absolute atomic E-state index is 0.0875. The van der Waals surface area contributed by atoms with Gasteiger partial charge in [-0.1, -0.05) is 0 Å². The molecule has 0 bridgehead atoms. The summed E-state index contributed by atoms with van der Waals surface area (Å²) in [4.78, 5) is 40.5. The van der Waals surface area contributed by atoms with Crippen LogP contribution in [0.2, 0.25) is 0 Å². The van der Waals surface area contributed by atoms with Gasteiger partial charge in [0.1, 0.15) is 11.4 Å². The number of carbonyl (C=O) groups is 3. The van der Waals surface area contributed by atoms with E-state index in [0.717, 1.165) is 12.0 Å². The van der Waals surface area contributed by atoms with Gasteiger partial charge in [0, 0.05) is 41.8 Å². The Morgan fingerprint density at radius 2 is 1.71 bits per heavy atom. The number of carbonyl (C=O) groups excluding carboxylic acids is 3. The van der Waals surface area contributed by atoms with E-state index in [4.69, 9.17) is 24.2 Å². The molecule has 9 heteroatoms. The van der Waals surface area contributed by atoms with E-state index in [1.807, 2.05) is 0 Å². The topological polar surface area (TPSA) is 111 Å². The number of piperidine rings is 1. The second-order valence-electron chi connectivity index (χ2n) is 7.36. The zero-order valence-corrected chi connectivity index (χ0v) is 17.9. The summed E-state index contributed by atoms with van der Waals surface area (Å²) in [6, 6.07) is 2.14. The van der Waals surface area contributed by atoms with Crippen LogP contribution in [0.15, 0.2) is 48.4 Å². The molecule has 3 aromatic rings. The molecule has 0 atom stereocenters. The third-order valence-electron chi connectivity index (χ3n) is 5.27. The van der Waals surface area contributed by atoms with Gasteiger partial charge in [0.25, 0.3) is 11.8 Å². The van der Waals surface area contributed by atoms with Crippen molar-refractivity contribution in [2.24, 2.45) is 5.73 Å². The van der Waals surface area contributed by atoms with E-state index in [-0.39, 0.29) is 24.2 Å². The summed E-state index contributed by atoms with van der Waals surface area (Å²) in [5.74, 6) is -3.49. The summed E-state index contributed by atoms with van der Waals surface area (Å²) in [6.07, 6.45) is -2.61. The molecule has 0 radical (unpaired) electrons. The molecule has 3 amide bonds. The lowest BCUT2D eigenvalue weighted by Gasteiger charge is -2.29. The molecule has 2 aromatic carbocycles. The third kappa shape index (κ3) is 3.68. The summed E-state index contributed by atoms with van der Waals surface area (Å²) >= 11 is 0. The van der Waals surface area contributed by atoms with E-state index < -0.39 is 89.6 Å². The number of nitrogens with two attached hydrogens (primary N) is 1. The number of fused-ring (bicyclic) bond motifs is 1. The quantitative estimate of drug-likeness (QED) is 0.618. The molecule has 0 unspecified atom stereocenters. The molecule has 0 aliphatic carbocycles. The molecule has 1 aromatic heterocycles. The summed E-state index contributed by atoms with van der Waals surface area (Å²) in [6.45, 7) is -5.19. The Morgan fingerprint density at radius 3 is 2.32 bits per heavy atom. The van der Waals surface area contributed by atoms with E-state index in [9.17, 15) is 14.4 Å². The number of benzene rings is 2. The van der Waals surface area contributed by atoms with Crippen LogP contribution in [0.1, 0.15) is 59.5 Å². The molecular formula is C25H25N5O4. The first-order chi connectivity index (χ1) is 20.4. The first-order valence-corrected chi connectivity index (χ1v) is 10.3. The number of aromatic nitrogens is 2. The van der Waals surface area contributed by atoms with Crippen molar-refractivity contribution in [3.63, 3.8) is 0 Å². The summed E-state index contributed by atoms with van der Waals surface area (Å²) < 4.78 is 90.4. The lowest BCUT2D eigenvalue weighted by Crippen LogP contribution is -2.39. The second kappa shape index (κ2) is 8.66. The molecule has 9 nitrogen and oxygen atoms in total. The van der Waals surface area contributed by atoms with Gasteiger partial charge in [-0.3, -0.25) is 14.4 Å². The Hall–Kier alpha value is -4.14. The highest BCUT2D eigenvalue weighted by molar-refractivity contribution is 6.09.